The molecule has 1 aromatic rings. The van der Waals surface area contributed by atoms with E-state index < -0.39 is 0 Å². The third kappa shape index (κ3) is 5.49. The first-order valence-electron chi connectivity index (χ1n) is 7.45. The second-order valence-electron chi connectivity index (χ2n) is 4.73. The van der Waals surface area contributed by atoms with E-state index in [0.29, 0.717) is 0 Å². The molecule has 0 amide bonds. The van der Waals surface area contributed by atoms with Crippen molar-refractivity contribution in [2.75, 3.05) is 44.4 Å². The quantitative estimate of drug-likeness (QED) is 0.669. The normalized spacial score (nSPS) is 12.4. The van der Waals surface area contributed by atoms with Crippen molar-refractivity contribution >= 4 is 5.69 Å². The first-order chi connectivity index (χ1) is 9.70. The van der Waals surface area contributed by atoms with E-state index in [2.05, 4.69) is 23.1 Å². The van der Waals surface area contributed by atoms with Gasteiger partial charge in [-0.15, -0.1) is 0 Å². The summed E-state index contributed by atoms with van der Waals surface area (Å²) in [6.45, 7) is 10.7. The molecule has 0 aliphatic rings. The molecule has 1 aromatic carbocycles. The molecule has 114 valence electrons. The zero-order valence-corrected chi connectivity index (χ0v) is 13.0. The molecule has 0 aliphatic carbocycles. The highest BCUT2D eigenvalue weighted by atomic mass is 16.5. The van der Waals surface area contributed by atoms with Gasteiger partial charge in [0.05, 0.1) is 13.2 Å². The number of nitrogens with zero attached hydrogens (tertiary/aromatic N) is 1. The van der Waals surface area contributed by atoms with Crippen molar-refractivity contribution in [2.24, 2.45) is 5.73 Å². The lowest BCUT2D eigenvalue weighted by Crippen LogP contribution is -2.32. The molecule has 0 bridgehead atoms. The predicted octanol–water partition coefficient (Wildman–Crippen LogP) is 2.59. The molecule has 1 rings (SSSR count). The molecule has 4 heteroatoms. The molecule has 0 saturated carbocycles. The molecule has 0 aromatic heterocycles. The predicted molar refractivity (Wildman–Crippen MR) is 84.2 cm³/mol. The highest BCUT2D eigenvalue weighted by Crippen LogP contribution is 2.24. The molecule has 0 saturated heterocycles. The second-order valence-corrected chi connectivity index (χ2v) is 4.73. The minimum atomic E-state index is 0.0212. The fourth-order valence-corrected chi connectivity index (χ4v) is 2.15. The lowest BCUT2D eigenvalue weighted by Gasteiger charge is -2.28. The highest BCUT2D eigenvalue weighted by Gasteiger charge is 2.13. The Morgan fingerprint density at radius 2 is 1.60 bits per heavy atom. The van der Waals surface area contributed by atoms with Crippen molar-refractivity contribution in [1.82, 2.24) is 0 Å². The van der Waals surface area contributed by atoms with Crippen LogP contribution in [0.15, 0.2) is 24.3 Å². The van der Waals surface area contributed by atoms with Gasteiger partial charge in [0, 0.05) is 38.0 Å². The number of hydrogen-bond acceptors (Lipinski definition) is 4. The van der Waals surface area contributed by atoms with Crippen molar-refractivity contribution in [3.05, 3.63) is 29.8 Å². The van der Waals surface area contributed by atoms with Crippen LogP contribution in [0.3, 0.4) is 0 Å². The molecular weight excluding hydrogens is 252 g/mol. The Morgan fingerprint density at radius 3 is 2.10 bits per heavy atom. The van der Waals surface area contributed by atoms with Gasteiger partial charge >= 0.3 is 0 Å². The van der Waals surface area contributed by atoms with Gasteiger partial charge in [0.15, 0.2) is 0 Å². The van der Waals surface area contributed by atoms with Gasteiger partial charge in [0.25, 0.3) is 0 Å². The molecule has 20 heavy (non-hydrogen) atoms. The van der Waals surface area contributed by atoms with Gasteiger partial charge in [-0.25, -0.2) is 0 Å². The molecular formula is C16H28N2O2. The highest BCUT2D eigenvalue weighted by molar-refractivity contribution is 5.54. The summed E-state index contributed by atoms with van der Waals surface area (Å²) >= 11 is 0. The van der Waals surface area contributed by atoms with E-state index in [0.717, 1.165) is 39.5 Å². The van der Waals surface area contributed by atoms with Crippen LogP contribution in [0.5, 0.6) is 0 Å². The maximum Gasteiger partial charge on any atom is 0.0641 e. The molecule has 0 fully saturated rings. The number of rotatable bonds is 10. The van der Waals surface area contributed by atoms with Crippen molar-refractivity contribution in [3.63, 3.8) is 0 Å². The maximum absolute atomic E-state index is 6.07. The molecule has 2 N–H and O–H groups in total. The fourth-order valence-electron chi connectivity index (χ4n) is 2.15. The Hall–Kier alpha value is -1.10. The molecule has 0 radical (unpaired) electrons. The van der Waals surface area contributed by atoms with Crippen LogP contribution in [0.25, 0.3) is 0 Å². The van der Waals surface area contributed by atoms with Gasteiger partial charge in [-0.05, 0) is 32.4 Å². The average molecular weight is 280 g/mol. The first-order valence-corrected chi connectivity index (χ1v) is 7.45. The molecule has 4 nitrogen and oxygen atoms in total. The van der Waals surface area contributed by atoms with Gasteiger partial charge in [-0.3, -0.25) is 0 Å². The molecule has 0 spiro atoms. The van der Waals surface area contributed by atoms with Gasteiger partial charge in [0.1, 0.15) is 0 Å². The van der Waals surface area contributed by atoms with Crippen molar-refractivity contribution in [3.8, 4) is 0 Å². The van der Waals surface area contributed by atoms with E-state index >= 15 is 0 Å². The summed E-state index contributed by atoms with van der Waals surface area (Å²) < 4.78 is 11.0. The topological polar surface area (TPSA) is 47.7 Å². The van der Waals surface area contributed by atoms with E-state index in [9.17, 15) is 0 Å². The van der Waals surface area contributed by atoms with Crippen LogP contribution in [0.2, 0.25) is 0 Å². The van der Waals surface area contributed by atoms with E-state index in [-0.39, 0.29) is 6.04 Å². The second kappa shape index (κ2) is 9.75. The summed E-state index contributed by atoms with van der Waals surface area (Å²) in [6, 6.07) is 8.32. The molecule has 1 unspecified atom stereocenters. The monoisotopic (exact) mass is 280 g/mol. The Morgan fingerprint density at radius 1 is 1.05 bits per heavy atom. The molecule has 0 aliphatic heterocycles. The summed E-state index contributed by atoms with van der Waals surface area (Å²) in [4.78, 5) is 2.30. The van der Waals surface area contributed by atoms with Gasteiger partial charge in [0.2, 0.25) is 0 Å². The van der Waals surface area contributed by atoms with E-state index in [1.165, 1.54) is 11.3 Å². The van der Waals surface area contributed by atoms with Crippen molar-refractivity contribution in [2.45, 2.75) is 26.8 Å². The number of anilines is 1. The number of nitrogens with two attached hydrogens (primary N) is 1. The van der Waals surface area contributed by atoms with Crippen LogP contribution < -0.4 is 10.6 Å². The van der Waals surface area contributed by atoms with Gasteiger partial charge < -0.3 is 20.1 Å². The van der Waals surface area contributed by atoms with Crippen LogP contribution in [0.1, 0.15) is 32.4 Å². The number of para-hydroxylation sites is 1. The third-order valence-electron chi connectivity index (χ3n) is 3.19. The molecule has 1 atom stereocenters. The maximum atomic E-state index is 6.07. The Bertz CT molecular complexity index is 359. The summed E-state index contributed by atoms with van der Waals surface area (Å²) in [5.41, 5.74) is 8.42. The fraction of sp³-hybridized carbons (Fsp3) is 0.625. The summed E-state index contributed by atoms with van der Waals surface area (Å²) in [7, 11) is 0. The third-order valence-corrected chi connectivity index (χ3v) is 3.19. The van der Waals surface area contributed by atoms with Crippen LogP contribution in [-0.2, 0) is 9.47 Å². The first kappa shape index (κ1) is 17.0. The van der Waals surface area contributed by atoms with E-state index in [1.54, 1.807) is 0 Å². The summed E-state index contributed by atoms with van der Waals surface area (Å²) in [5.74, 6) is 0. The zero-order chi connectivity index (χ0) is 14.8. The van der Waals surface area contributed by atoms with E-state index in [1.807, 2.05) is 26.8 Å². The smallest absolute Gasteiger partial charge is 0.0641 e. The average Bonchev–Trinajstić information content (AvgIpc) is 2.46. The number of hydrogen-bond donors (Lipinski definition) is 1. The van der Waals surface area contributed by atoms with Crippen molar-refractivity contribution < 1.29 is 9.47 Å². The minimum Gasteiger partial charge on any atom is -0.380 e. The van der Waals surface area contributed by atoms with Crippen molar-refractivity contribution in [1.29, 1.82) is 0 Å². The molecule has 0 heterocycles. The SMILES string of the molecule is CCOCCN(CCOCC)c1ccccc1C(C)N. The number of benzene rings is 1. The number of ether oxygens (including phenoxy) is 2. The minimum absolute atomic E-state index is 0.0212. The van der Waals surface area contributed by atoms with Gasteiger partial charge in [-0.1, -0.05) is 18.2 Å². The van der Waals surface area contributed by atoms with E-state index in [4.69, 9.17) is 15.2 Å². The Balaban J connectivity index is 2.79. The summed E-state index contributed by atoms with van der Waals surface area (Å²) in [5, 5.41) is 0. The van der Waals surface area contributed by atoms with Crippen LogP contribution in [0.4, 0.5) is 5.69 Å². The Labute approximate surface area is 122 Å². The standard InChI is InChI=1S/C16H28N2O2/c1-4-19-12-10-18(11-13-20-5-2)16-9-7-6-8-15(16)14(3)17/h6-9,14H,4-5,10-13,17H2,1-3H3. The lowest BCUT2D eigenvalue weighted by atomic mass is 10.1. The van der Waals surface area contributed by atoms with Crippen LogP contribution in [-0.4, -0.2) is 39.5 Å². The van der Waals surface area contributed by atoms with Crippen LogP contribution >= 0.6 is 0 Å². The Kier molecular flexibility index (Phi) is 8.26. The summed E-state index contributed by atoms with van der Waals surface area (Å²) in [6.07, 6.45) is 0. The largest absolute Gasteiger partial charge is 0.380 e. The van der Waals surface area contributed by atoms with Crippen LogP contribution in [0, 0.1) is 0 Å². The zero-order valence-electron chi connectivity index (χ0n) is 13.0. The van der Waals surface area contributed by atoms with Gasteiger partial charge in [-0.2, -0.15) is 0 Å². The lowest BCUT2D eigenvalue weighted by molar-refractivity contribution is 0.141.